The van der Waals surface area contributed by atoms with E-state index in [1.807, 2.05) is 24.3 Å². The van der Waals surface area contributed by atoms with Crippen molar-refractivity contribution in [3.05, 3.63) is 34.9 Å². The number of rotatable bonds is 3. The summed E-state index contributed by atoms with van der Waals surface area (Å²) in [4.78, 5) is 13.7. The molecule has 2 aliphatic rings. The van der Waals surface area contributed by atoms with Crippen molar-refractivity contribution in [2.75, 3.05) is 0 Å². The molecular weight excluding hydrogens is 274 g/mol. The predicted octanol–water partition coefficient (Wildman–Crippen LogP) is 3.56. The first-order valence-electron chi connectivity index (χ1n) is 7.38. The van der Waals surface area contributed by atoms with Crippen molar-refractivity contribution in [2.45, 2.75) is 50.7 Å². The van der Waals surface area contributed by atoms with Crippen LogP contribution in [-0.2, 0) is 11.3 Å². The Morgan fingerprint density at radius 2 is 1.95 bits per heavy atom. The van der Waals surface area contributed by atoms with Gasteiger partial charge in [0.15, 0.2) is 0 Å². The van der Waals surface area contributed by atoms with Gasteiger partial charge in [-0.2, -0.15) is 0 Å². The van der Waals surface area contributed by atoms with Gasteiger partial charge in [0.2, 0.25) is 0 Å². The van der Waals surface area contributed by atoms with Crippen molar-refractivity contribution < 1.29 is 9.90 Å². The smallest absolute Gasteiger partial charge is 0.320 e. The van der Waals surface area contributed by atoms with E-state index in [-0.39, 0.29) is 6.04 Å². The van der Waals surface area contributed by atoms with E-state index in [9.17, 15) is 9.90 Å². The highest BCUT2D eigenvalue weighted by Gasteiger charge is 2.44. The minimum Gasteiger partial charge on any atom is -0.480 e. The van der Waals surface area contributed by atoms with Crippen molar-refractivity contribution in [3.8, 4) is 0 Å². The normalized spacial score (nSPS) is 30.1. The van der Waals surface area contributed by atoms with E-state index in [2.05, 4.69) is 4.90 Å². The van der Waals surface area contributed by atoms with E-state index in [0.29, 0.717) is 12.0 Å². The van der Waals surface area contributed by atoms with Crippen LogP contribution in [0.5, 0.6) is 0 Å². The number of hydrogen-bond acceptors (Lipinski definition) is 2. The molecule has 3 rings (SSSR count). The molecule has 0 amide bonds. The molecule has 1 aliphatic heterocycles. The standard InChI is InChI=1S/C16H20ClNO2/c17-13-7-5-11(6-8-13)10-18-14-4-2-1-3-12(14)9-15(18)16(19)20/h5-8,12,14-15H,1-4,9-10H2,(H,19,20)/t12-,14-,15-/m0/s1. The second-order valence-electron chi connectivity index (χ2n) is 6.00. The van der Waals surface area contributed by atoms with Crippen LogP contribution in [0, 0.1) is 5.92 Å². The topological polar surface area (TPSA) is 40.5 Å². The molecule has 4 heteroatoms. The molecule has 1 N–H and O–H groups in total. The van der Waals surface area contributed by atoms with Gasteiger partial charge in [-0.05, 0) is 42.9 Å². The molecule has 0 unspecified atom stereocenters. The Labute approximate surface area is 124 Å². The summed E-state index contributed by atoms with van der Waals surface area (Å²) in [6, 6.07) is 7.87. The molecule has 2 fully saturated rings. The molecule has 1 aromatic rings. The zero-order valence-corrected chi connectivity index (χ0v) is 12.2. The average Bonchev–Trinajstić information content (AvgIpc) is 2.81. The van der Waals surface area contributed by atoms with Crippen LogP contribution >= 0.6 is 11.6 Å². The van der Waals surface area contributed by atoms with Gasteiger partial charge in [-0.1, -0.05) is 36.6 Å². The Kier molecular flexibility index (Phi) is 3.99. The molecular formula is C16H20ClNO2. The molecule has 1 aliphatic carbocycles. The highest BCUT2D eigenvalue weighted by atomic mass is 35.5. The van der Waals surface area contributed by atoms with Crippen LogP contribution in [-0.4, -0.2) is 28.1 Å². The van der Waals surface area contributed by atoms with Crippen LogP contribution in [0.1, 0.15) is 37.7 Å². The summed E-state index contributed by atoms with van der Waals surface area (Å²) < 4.78 is 0. The fraction of sp³-hybridized carbons (Fsp3) is 0.562. The summed E-state index contributed by atoms with van der Waals surface area (Å²) in [7, 11) is 0. The number of carboxylic acids is 1. The van der Waals surface area contributed by atoms with Gasteiger partial charge >= 0.3 is 5.97 Å². The largest absolute Gasteiger partial charge is 0.480 e. The molecule has 20 heavy (non-hydrogen) atoms. The Hall–Kier alpha value is -1.06. The monoisotopic (exact) mass is 293 g/mol. The van der Waals surface area contributed by atoms with E-state index < -0.39 is 5.97 Å². The maximum absolute atomic E-state index is 11.5. The molecule has 0 radical (unpaired) electrons. The van der Waals surface area contributed by atoms with Gasteiger partial charge in [0.05, 0.1) is 0 Å². The van der Waals surface area contributed by atoms with Gasteiger partial charge in [0.25, 0.3) is 0 Å². The van der Waals surface area contributed by atoms with Crippen molar-refractivity contribution in [1.82, 2.24) is 4.90 Å². The third kappa shape index (κ3) is 2.70. The van der Waals surface area contributed by atoms with E-state index in [4.69, 9.17) is 11.6 Å². The van der Waals surface area contributed by atoms with Crippen LogP contribution in [0.15, 0.2) is 24.3 Å². The summed E-state index contributed by atoms with van der Waals surface area (Å²) in [5.41, 5.74) is 1.15. The molecule has 0 bridgehead atoms. The minimum absolute atomic E-state index is 0.321. The zero-order valence-electron chi connectivity index (χ0n) is 11.5. The lowest BCUT2D eigenvalue weighted by Gasteiger charge is -2.33. The first-order chi connectivity index (χ1) is 9.65. The van der Waals surface area contributed by atoms with Gasteiger partial charge in [0.1, 0.15) is 6.04 Å². The SMILES string of the molecule is O=C(O)[C@@H]1C[C@@H]2CCCC[C@@H]2N1Cc1ccc(Cl)cc1. The number of likely N-dealkylation sites (tertiary alicyclic amines) is 1. The van der Waals surface area contributed by atoms with Gasteiger partial charge in [-0.15, -0.1) is 0 Å². The maximum Gasteiger partial charge on any atom is 0.320 e. The van der Waals surface area contributed by atoms with Crippen molar-refractivity contribution in [3.63, 3.8) is 0 Å². The minimum atomic E-state index is -0.673. The lowest BCUT2D eigenvalue weighted by atomic mass is 9.84. The number of hydrogen-bond donors (Lipinski definition) is 1. The molecule has 1 saturated heterocycles. The van der Waals surface area contributed by atoms with E-state index >= 15 is 0 Å². The number of halogens is 1. The fourth-order valence-corrected chi connectivity index (χ4v) is 3.95. The van der Waals surface area contributed by atoms with Crippen LogP contribution in [0.4, 0.5) is 0 Å². The zero-order chi connectivity index (χ0) is 14.1. The Balaban J connectivity index is 1.80. The second-order valence-corrected chi connectivity index (χ2v) is 6.44. The molecule has 1 heterocycles. The number of carboxylic acid groups (broad SMARTS) is 1. The first kappa shape index (κ1) is 13.9. The second kappa shape index (κ2) is 5.74. The number of aliphatic carboxylic acids is 1. The summed E-state index contributed by atoms with van der Waals surface area (Å²) in [6.07, 6.45) is 5.62. The van der Waals surface area contributed by atoms with Crippen molar-refractivity contribution >= 4 is 17.6 Å². The Bertz CT molecular complexity index is 488. The highest BCUT2D eigenvalue weighted by Crippen LogP contribution is 2.40. The van der Waals surface area contributed by atoms with Crippen molar-refractivity contribution in [2.24, 2.45) is 5.92 Å². The maximum atomic E-state index is 11.5. The summed E-state index contributed by atoms with van der Waals surface area (Å²) in [6.45, 7) is 0.718. The molecule has 0 aromatic heterocycles. The van der Waals surface area contributed by atoms with Gasteiger partial charge < -0.3 is 5.11 Å². The average molecular weight is 294 g/mol. The van der Waals surface area contributed by atoms with E-state index in [1.54, 1.807) is 0 Å². The molecule has 0 spiro atoms. The Morgan fingerprint density at radius 1 is 1.25 bits per heavy atom. The van der Waals surface area contributed by atoms with Crippen LogP contribution in [0.2, 0.25) is 5.02 Å². The van der Waals surface area contributed by atoms with Crippen LogP contribution < -0.4 is 0 Å². The predicted molar refractivity (Wildman–Crippen MR) is 78.8 cm³/mol. The highest BCUT2D eigenvalue weighted by molar-refractivity contribution is 6.30. The van der Waals surface area contributed by atoms with Gasteiger partial charge in [0, 0.05) is 17.6 Å². The molecule has 108 valence electrons. The number of carbonyl (C=O) groups is 1. The summed E-state index contributed by atoms with van der Waals surface area (Å²) in [5.74, 6) is -0.106. The van der Waals surface area contributed by atoms with Gasteiger partial charge in [-0.3, -0.25) is 9.69 Å². The molecule has 1 saturated carbocycles. The number of nitrogens with zero attached hydrogens (tertiary/aromatic N) is 1. The molecule has 3 nitrogen and oxygen atoms in total. The van der Waals surface area contributed by atoms with Crippen molar-refractivity contribution in [1.29, 1.82) is 0 Å². The Morgan fingerprint density at radius 3 is 2.65 bits per heavy atom. The summed E-state index contributed by atoms with van der Waals surface area (Å²) >= 11 is 5.91. The number of fused-ring (bicyclic) bond motifs is 1. The van der Waals surface area contributed by atoms with E-state index in [1.165, 1.54) is 19.3 Å². The lowest BCUT2D eigenvalue weighted by molar-refractivity contribution is -0.142. The first-order valence-corrected chi connectivity index (χ1v) is 7.76. The number of benzene rings is 1. The molecule has 3 atom stereocenters. The lowest BCUT2D eigenvalue weighted by Crippen LogP contribution is -2.41. The van der Waals surface area contributed by atoms with Crippen LogP contribution in [0.25, 0.3) is 0 Å². The molecule has 1 aromatic carbocycles. The van der Waals surface area contributed by atoms with Crippen LogP contribution in [0.3, 0.4) is 0 Å². The van der Waals surface area contributed by atoms with E-state index in [0.717, 1.165) is 30.0 Å². The quantitative estimate of drug-likeness (QED) is 0.926. The third-order valence-electron chi connectivity index (χ3n) is 4.78. The fourth-order valence-electron chi connectivity index (χ4n) is 3.82. The third-order valence-corrected chi connectivity index (χ3v) is 5.04. The summed E-state index contributed by atoms with van der Waals surface area (Å²) in [5, 5.41) is 10.2. The van der Waals surface area contributed by atoms with Gasteiger partial charge in [-0.25, -0.2) is 0 Å².